The average Bonchev–Trinajstić information content (AvgIpc) is 3.45. The van der Waals surface area contributed by atoms with Crippen LogP contribution in [0.5, 0.6) is 0 Å². The van der Waals surface area contributed by atoms with Gasteiger partial charge in [0.1, 0.15) is 5.58 Å². The van der Waals surface area contributed by atoms with Crippen molar-refractivity contribution in [1.82, 2.24) is 9.78 Å². The maximum atomic E-state index is 13.8. The second-order valence-corrected chi connectivity index (χ2v) is 10.0. The molecule has 3 aromatic rings. The lowest BCUT2D eigenvalue weighted by molar-refractivity contribution is 0.0328. The van der Waals surface area contributed by atoms with Gasteiger partial charge in [0.25, 0.3) is 12.3 Å². The van der Waals surface area contributed by atoms with Crippen LogP contribution in [0.1, 0.15) is 75.0 Å². The highest BCUT2D eigenvalue weighted by Gasteiger charge is 2.28. The Morgan fingerprint density at radius 2 is 1.94 bits per heavy atom. The van der Waals surface area contributed by atoms with Gasteiger partial charge < -0.3 is 19.4 Å². The highest BCUT2D eigenvalue weighted by molar-refractivity contribution is 6.12. The third kappa shape index (κ3) is 4.78. The smallest absolute Gasteiger partial charge is 0.284 e. The number of carbonyl (C=O) groups excluding carboxylic acids is 1. The molecule has 2 aromatic heterocycles. The second kappa shape index (κ2) is 9.60. The molecule has 35 heavy (non-hydrogen) atoms. The van der Waals surface area contributed by atoms with Gasteiger partial charge >= 0.3 is 0 Å². The molecule has 1 saturated heterocycles. The first-order valence-corrected chi connectivity index (χ1v) is 12.4. The molecule has 1 aliphatic heterocycles. The molecule has 5 rings (SSSR count). The Balaban J connectivity index is 1.41. The molecule has 3 heterocycles. The first kappa shape index (κ1) is 23.8. The summed E-state index contributed by atoms with van der Waals surface area (Å²) in [5.41, 5.74) is 0.365. The molecule has 0 spiro atoms. The third-order valence-electron chi connectivity index (χ3n) is 7.24. The van der Waals surface area contributed by atoms with Gasteiger partial charge in [-0.05, 0) is 51.5 Å². The van der Waals surface area contributed by atoms with Crippen molar-refractivity contribution in [2.24, 2.45) is 5.92 Å². The number of hydrogen-bond acceptors (Lipinski definition) is 5. The third-order valence-corrected chi connectivity index (χ3v) is 7.24. The van der Waals surface area contributed by atoms with Crippen molar-refractivity contribution in [3.05, 3.63) is 41.7 Å². The Kier molecular flexibility index (Phi) is 6.53. The number of nitrogens with one attached hydrogen (secondary N) is 1. The van der Waals surface area contributed by atoms with Gasteiger partial charge in [0, 0.05) is 24.2 Å². The molecule has 9 heteroatoms. The monoisotopic (exact) mass is 486 g/mol. The number of furan rings is 1. The van der Waals surface area contributed by atoms with Gasteiger partial charge in [-0.1, -0.05) is 19.1 Å². The van der Waals surface area contributed by atoms with E-state index in [4.69, 9.17) is 9.15 Å². The second-order valence-electron chi connectivity index (χ2n) is 10.0. The Morgan fingerprint density at radius 1 is 1.17 bits per heavy atom. The van der Waals surface area contributed by atoms with Crippen LogP contribution >= 0.6 is 0 Å². The Morgan fingerprint density at radius 3 is 2.69 bits per heavy atom. The lowest BCUT2D eigenvalue weighted by Gasteiger charge is -2.36. The molecular weight excluding hydrogens is 454 g/mol. The van der Waals surface area contributed by atoms with Gasteiger partial charge in [0.2, 0.25) is 0 Å². The van der Waals surface area contributed by atoms with E-state index in [2.05, 4.69) is 29.2 Å². The number of rotatable bonds is 5. The minimum absolute atomic E-state index is 0.0445. The van der Waals surface area contributed by atoms with E-state index in [1.807, 2.05) is 19.1 Å². The van der Waals surface area contributed by atoms with Gasteiger partial charge in [-0.2, -0.15) is 5.10 Å². The van der Waals surface area contributed by atoms with E-state index in [1.165, 1.54) is 0 Å². The summed E-state index contributed by atoms with van der Waals surface area (Å²) in [6, 6.07) is 7.40. The zero-order chi connectivity index (χ0) is 24.7. The van der Waals surface area contributed by atoms with E-state index in [0.29, 0.717) is 36.1 Å². The van der Waals surface area contributed by atoms with Crippen LogP contribution in [0.2, 0.25) is 0 Å². The fraction of sp³-hybridized carbons (Fsp3) is 0.538. The number of carbonyl (C=O) groups is 1. The summed E-state index contributed by atoms with van der Waals surface area (Å²) >= 11 is 0. The van der Waals surface area contributed by atoms with E-state index in [0.717, 1.165) is 31.1 Å². The number of para-hydroxylation sites is 1. The standard InChI is InChI=1S/C26H32F2N4O3/c1-15-7-9-19(10-8-15)32-13-21(23(30-32)25(27)28)29-26(33)20-6-4-5-18-11-22(35-24(18)20)31-12-17(3)34-14-16(31)2/h4-6,11,13,15-17,19,25H,7-10,12,14H2,1-3H3,(H,29,33)/t15-,16-,17-,19-/m1/s1. The van der Waals surface area contributed by atoms with E-state index < -0.39 is 18.0 Å². The fourth-order valence-corrected chi connectivity index (χ4v) is 5.13. The van der Waals surface area contributed by atoms with Crippen LogP contribution in [0.15, 0.2) is 34.9 Å². The number of aromatic nitrogens is 2. The number of anilines is 2. The largest absolute Gasteiger partial charge is 0.440 e. The molecule has 1 N–H and O–H groups in total. The van der Waals surface area contributed by atoms with Crippen molar-refractivity contribution in [2.45, 2.75) is 71.1 Å². The Hall–Kier alpha value is -2.94. The van der Waals surface area contributed by atoms with E-state index >= 15 is 0 Å². The van der Waals surface area contributed by atoms with Gasteiger partial charge in [-0.3, -0.25) is 9.48 Å². The zero-order valence-corrected chi connectivity index (χ0v) is 20.3. The Labute approximate surface area is 203 Å². The molecule has 1 aliphatic carbocycles. The van der Waals surface area contributed by atoms with Gasteiger partial charge in [-0.15, -0.1) is 0 Å². The minimum Gasteiger partial charge on any atom is -0.440 e. The number of amides is 1. The lowest BCUT2D eigenvalue weighted by Crippen LogP contribution is -2.47. The number of benzene rings is 1. The summed E-state index contributed by atoms with van der Waals surface area (Å²) < 4.78 is 41.0. The summed E-state index contributed by atoms with van der Waals surface area (Å²) in [6.07, 6.45) is 2.70. The predicted octanol–water partition coefficient (Wildman–Crippen LogP) is 6.18. The SMILES string of the molecule is C[C@@H]1CN(c2cc3cccc(C(=O)Nc4cn([C@H]5CC[C@H](C)CC5)nc4C(F)F)c3o2)[C@H](C)CO1. The van der Waals surface area contributed by atoms with E-state index in [1.54, 1.807) is 23.0 Å². The van der Waals surface area contributed by atoms with Crippen molar-refractivity contribution in [3.8, 4) is 0 Å². The van der Waals surface area contributed by atoms with Crippen LogP contribution < -0.4 is 10.2 Å². The van der Waals surface area contributed by atoms with Gasteiger partial charge in [-0.25, -0.2) is 8.78 Å². The van der Waals surface area contributed by atoms with Crippen LogP contribution in [0.4, 0.5) is 20.4 Å². The van der Waals surface area contributed by atoms with E-state index in [-0.39, 0.29) is 23.9 Å². The Bertz CT molecular complexity index is 1200. The topological polar surface area (TPSA) is 72.5 Å². The van der Waals surface area contributed by atoms with Crippen LogP contribution in [0.25, 0.3) is 11.0 Å². The molecule has 2 aliphatic rings. The maximum Gasteiger partial charge on any atom is 0.284 e. The molecule has 0 radical (unpaired) electrons. The van der Waals surface area contributed by atoms with Gasteiger partial charge in [0.15, 0.2) is 11.6 Å². The molecular formula is C26H32F2N4O3. The molecule has 7 nitrogen and oxygen atoms in total. The number of morpholine rings is 1. The number of hydrogen-bond donors (Lipinski definition) is 1. The van der Waals surface area contributed by atoms with Crippen molar-refractivity contribution < 1.29 is 22.7 Å². The molecule has 0 unspecified atom stereocenters. The first-order chi connectivity index (χ1) is 16.8. The van der Waals surface area contributed by atoms with Crippen molar-refractivity contribution >= 4 is 28.4 Å². The van der Waals surface area contributed by atoms with Crippen LogP contribution in [-0.4, -0.2) is 41.0 Å². The predicted molar refractivity (Wildman–Crippen MR) is 130 cm³/mol. The van der Waals surface area contributed by atoms with Gasteiger partial charge in [0.05, 0.1) is 36.0 Å². The number of fused-ring (bicyclic) bond motifs is 1. The fourth-order valence-electron chi connectivity index (χ4n) is 5.13. The summed E-state index contributed by atoms with van der Waals surface area (Å²) in [6.45, 7) is 7.54. The lowest BCUT2D eigenvalue weighted by atomic mass is 9.87. The quantitative estimate of drug-likeness (QED) is 0.466. The summed E-state index contributed by atoms with van der Waals surface area (Å²) in [4.78, 5) is 15.4. The van der Waals surface area contributed by atoms with Crippen molar-refractivity contribution in [1.29, 1.82) is 0 Å². The molecule has 1 aromatic carbocycles. The maximum absolute atomic E-state index is 13.8. The summed E-state index contributed by atoms with van der Waals surface area (Å²) in [7, 11) is 0. The number of alkyl halides is 2. The van der Waals surface area contributed by atoms with Crippen LogP contribution in [0.3, 0.4) is 0 Å². The number of halogens is 2. The number of ether oxygens (including phenoxy) is 1. The van der Waals surface area contributed by atoms with Crippen molar-refractivity contribution in [2.75, 3.05) is 23.4 Å². The minimum atomic E-state index is -2.79. The molecule has 0 bridgehead atoms. The average molecular weight is 487 g/mol. The summed E-state index contributed by atoms with van der Waals surface area (Å²) in [5, 5.41) is 7.61. The molecule has 2 atom stereocenters. The zero-order valence-electron chi connectivity index (χ0n) is 20.3. The van der Waals surface area contributed by atoms with Crippen molar-refractivity contribution in [3.63, 3.8) is 0 Å². The molecule has 1 saturated carbocycles. The molecule has 188 valence electrons. The normalized spacial score (nSPS) is 25.4. The molecule has 1 amide bonds. The summed E-state index contributed by atoms with van der Waals surface area (Å²) in [5.74, 6) is 0.798. The molecule has 2 fully saturated rings. The first-order valence-electron chi connectivity index (χ1n) is 12.4. The highest BCUT2D eigenvalue weighted by atomic mass is 19.3. The number of nitrogens with zero attached hydrogens (tertiary/aromatic N) is 3. The van der Waals surface area contributed by atoms with Crippen LogP contribution in [0, 0.1) is 5.92 Å². The highest BCUT2D eigenvalue weighted by Crippen LogP contribution is 2.35. The van der Waals surface area contributed by atoms with Crippen LogP contribution in [-0.2, 0) is 4.74 Å². The van der Waals surface area contributed by atoms with E-state index in [9.17, 15) is 13.6 Å².